The zero-order valence-corrected chi connectivity index (χ0v) is 12.6. The van der Waals surface area contributed by atoms with Gasteiger partial charge < -0.3 is 15.0 Å². The molecule has 2 rings (SSSR count). The SMILES string of the molecule is COCCNCC1CCCCN1CCN1CCCC1. The van der Waals surface area contributed by atoms with Crippen molar-refractivity contribution in [2.24, 2.45) is 0 Å². The Morgan fingerprint density at radius 2 is 1.84 bits per heavy atom. The molecule has 2 heterocycles. The van der Waals surface area contributed by atoms with E-state index in [1.54, 1.807) is 7.11 Å². The third kappa shape index (κ3) is 5.38. The summed E-state index contributed by atoms with van der Waals surface area (Å²) in [5, 5.41) is 3.53. The van der Waals surface area contributed by atoms with Crippen molar-refractivity contribution in [2.75, 3.05) is 59.5 Å². The van der Waals surface area contributed by atoms with Crippen LogP contribution in [0.15, 0.2) is 0 Å². The molecule has 0 aromatic heterocycles. The molecule has 0 radical (unpaired) electrons. The van der Waals surface area contributed by atoms with E-state index < -0.39 is 0 Å². The molecule has 4 nitrogen and oxygen atoms in total. The summed E-state index contributed by atoms with van der Waals surface area (Å²) < 4.78 is 5.09. The molecule has 19 heavy (non-hydrogen) atoms. The van der Waals surface area contributed by atoms with Crippen LogP contribution in [0.5, 0.6) is 0 Å². The van der Waals surface area contributed by atoms with Crippen molar-refractivity contribution in [2.45, 2.75) is 38.1 Å². The molecule has 1 unspecified atom stereocenters. The first kappa shape index (κ1) is 15.2. The molecule has 0 amide bonds. The van der Waals surface area contributed by atoms with Crippen LogP contribution in [0.1, 0.15) is 32.1 Å². The first-order chi connectivity index (χ1) is 9.40. The molecule has 2 fully saturated rings. The van der Waals surface area contributed by atoms with Crippen LogP contribution in [0.25, 0.3) is 0 Å². The summed E-state index contributed by atoms with van der Waals surface area (Å²) in [6, 6.07) is 0.744. The van der Waals surface area contributed by atoms with Crippen LogP contribution >= 0.6 is 0 Å². The van der Waals surface area contributed by atoms with Crippen LogP contribution in [0.2, 0.25) is 0 Å². The molecular weight excluding hydrogens is 238 g/mol. The predicted octanol–water partition coefficient (Wildman–Crippen LogP) is 1.17. The minimum Gasteiger partial charge on any atom is -0.383 e. The summed E-state index contributed by atoms with van der Waals surface area (Å²) >= 11 is 0. The van der Waals surface area contributed by atoms with Crippen LogP contribution in [0.3, 0.4) is 0 Å². The van der Waals surface area contributed by atoms with Gasteiger partial charge in [-0.1, -0.05) is 6.42 Å². The highest BCUT2D eigenvalue weighted by atomic mass is 16.5. The molecular formula is C15H31N3O. The molecule has 0 aromatic carbocycles. The minimum atomic E-state index is 0.744. The Kier molecular flexibility index (Phi) is 7.14. The topological polar surface area (TPSA) is 27.7 Å². The highest BCUT2D eigenvalue weighted by Gasteiger charge is 2.22. The van der Waals surface area contributed by atoms with Crippen LogP contribution in [-0.4, -0.2) is 75.4 Å². The predicted molar refractivity (Wildman–Crippen MR) is 79.6 cm³/mol. The summed E-state index contributed by atoms with van der Waals surface area (Å²) in [5.74, 6) is 0. The molecule has 2 saturated heterocycles. The van der Waals surface area contributed by atoms with Crippen LogP contribution in [-0.2, 0) is 4.74 Å². The first-order valence-electron chi connectivity index (χ1n) is 8.06. The van der Waals surface area contributed by atoms with Gasteiger partial charge in [0.15, 0.2) is 0 Å². The van der Waals surface area contributed by atoms with E-state index in [1.807, 2.05) is 0 Å². The molecule has 0 saturated carbocycles. The smallest absolute Gasteiger partial charge is 0.0587 e. The van der Waals surface area contributed by atoms with Gasteiger partial charge in [0.2, 0.25) is 0 Å². The molecule has 2 aliphatic rings. The van der Waals surface area contributed by atoms with Crippen LogP contribution in [0, 0.1) is 0 Å². The summed E-state index contributed by atoms with van der Waals surface area (Å²) in [6.07, 6.45) is 6.95. The molecule has 4 heteroatoms. The number of methoxy groups -OCH3 is 1. The standard InChI is InChI=1S/C15H31N3O/c1-19-13-7-16-14-15-6-2-3-10-18(15)12-11-17-8-4-5-9-17/h15-16H,2-14H2,1H3. The monoisotopic (exact) mass is 269 g/mol. The van der Waals surface area contributed by atoms with Crippen LogP contribution in [0.4, 0.5) is 0 Å². The Balaban J connectivity index is 1.65. The highest BCUT2D eigenvalue weighted by Crippen LogP contribution is 2.17. The van der Waals surface area contributed by atoms with E-state index in [-0.39, 0.29) is 0 Å². The maximum atomic E-state index is 5.09. The summed E-state index contributed by atoms with van der Waals surface area (Å²) in [4.78, 5) is 5.34. The lowest BCUT2D eigenvalue weighted by atomic mass is 10.0. The van der Waals surface area contributed by atoms with E-state index in [1.165, 1.54) is 64.8 Å². The van der Waals surface area contributed by atoms with E-state index in [0.717, 1.165) is 25.7 Å². The Morgan fingerprint density at radius 3 is 2.63 bits per heavy atom. The van der Waals surface area contributed by atoms with Gasteiger partial charge >= 0.3 is 0 Å². The van der Waals surface area contributed by atoms with Crippen molar-refractivity contribution < 1.29 is 4.74 Å². The fourth-order valence-corrected chi connectivity index (χ4v) is 3.30. The van der Waals surface area contributed by atoms with E-state index in [2.05, 4.69) is 15.1 Å². The average Bonchev–Trinajstić information content (AvgIpc) is 2.96. The number of hydrogen-bond donors (Lipinski definition) is 1. The second-order valence-corrected chi connectivity index (χ2v) is 5.93. The summed E-state index contributed by atoms with van der Waals surface area (Å²) in [7, 11) is 1.77. The van der Waals surface area contributed by atoms with Gasteiger partial charge in [-0.25, -0.2) is 0 Å². The van der Waals surface area contributed by atoms with E-state index in [9.17, 15) is 0 Å². The number of likely N-dealkylation sites (tertiary alicyclic amines) is 2. The normalized spacial score (nSPS) is 26.1. The number of ether oxygens (including phenoxy) is 1. The second kappa shape index (κ2) is 8.90. The van der Waals surface area contributed by atoms with E-state index >= 15 is 0 Å². The Hall–Kier alpha value is -0.160. The molecule has 0 spiro atoms. The van der Waals surface area contributed by atoms with Crippen molar-refractivity contribution in [3.63, 3.8) is 0 Å². The van der Waals surface area contributed by atoms with Gasteiger partial charge in [0.05, 0.1) is 6.61 Å². The summed E-state index contributed by atoms with van der Waals surface area (Å²) in [5.41, 5.74) is 0. The second-order valence-electron chi connectivity index (χ2n) is 5.93. The Bertz CT molecular complexity index is 231. The molecule has 1 N–H and O–H groups in total. The maximum Gasteiger partial charge on any atom is 0.0587 e. The van der Waals surface area contributed by atoms with Gasteiger partial charge in [-0.15, -0.1) is 0 Å². The van der Waals surface area contributed by atoms with Gasteiger partial charge in [0, 0.05) is 39.3 Å². The number of nitrogens with one attached hydrogen (secondary N) is 1. The lowest BCUT2D eigenvalue weighted by Crippen LogP contribution is -2.48. The Morgan fingerprint density at radius 1 is 1.05 bits per heavy atom. The van der Waals surface area contributed by atoms with Gasteiger partial charge in [0.25, 0.3) is 0 Å². The molecule has 2 aliphatic heterocycles. The highest BCUT2D eigenvalue weighted by molar-refractivity contribution is 4.80. The molecule has 0 aromatic rings. The number of nitrogens with zero attached hydrogens (tertiary/aromatic N) is 2. The Labute approximate surface area is 118 Å². The van der Waals surface area contributed by atoms with Crippen molar-refractivity contribution in [3.05, 3.63) is 0 Å². The van der Waals surface area contributed by atoms with Gasteiger partial charge in [-0.3, -0.25) is 4.90 Å². The minimum absolute atomic E-state index is 0.744. The largest absolute Gasteiger partial charge is 0.383 e. The van der Waals surface area contributed by atoms with Gasteiger partial charge in [0.1, 0.15) is 0 Å². The van der Waals surface area contributed by atoms with Gasteiger partial charge in [-0.05, 0) is 45.3 Å². The van der Waals surface area contributed by atoms with Crippen molar-refractivity contribution >= 4 is 0 Å². The average molecular weight is 269 g/mol. The van der Waals surface area contributed by atoms with Crippen molar-refractivity contribution in [3.8, 4) is 0 Å². The number of hydrogen-bond acceptors (Lipinski definition) is 4. The number of piperidine rings is 1. The van der Waals surface area contributed by atoms with Crippen LogP contribution < -0.4 is 5.32 Å². The van der Waals surface area contributed by atoms with E-state index in [4.69, 9.17) is 4.74 Å². The third-order valence-corrected chi connectivity index (χ3v) is 4.51. The van der Waals surface area contributed by atoms with Crippen molar-refractivity contribution in [1.82, 2.24) is 15.1 Å². The fourth-order valence-electron chi connectivity index (χ4n) is 3.30. The first-order valence-corrected chi connectivity index (χ1v) is 8.06. The number of rotatable bonds is 8. The summed E-state index contributed by atoms with van der Waals surface area (Å²) in [6.45, 7) is 9.40. The van der Waals surface area contributed by atoms with E-state index in [0.29, 0.717) is 0 Å². The third-order valence-electron chi connectivity index (χ3n) is 4.51. The van der Waals surface area contributed by atoms with Crippen molar-refractivity contribution in [1.29, 1.82) is 0 Å². The maximum absolute atomic E-state index is 5.09. The fraction of sp³-hybridized carbons (Fsp3) is 1.00. The lowest BCUT2D eigenvalue weighted by molar-refractivity contribution is 0.126. The zero-order chi connectivity index (χ0) is 13.3. The molecule has 112 valence electrons. The molecule has 0 bridgehead atoms. The lowest BCUT2D eigenvalue weighted by Gasteiger charge is -2.36. The quantitative estimate of drug-likeness (QED) is 0.670. The van der Waals surface area contributed by atoms with Gasteiger partial charge in [-0.2, -0.15) is 0 Å². The molecule has 1 atom stereocenters. The molecule has 0 aliphatic carbocycles. The zero-order valence-electron chi connectivity index (χ0n) is 12.6.